The topological polar surface area (TPSA) is 71.7 Å². The van der Waals surface area contributed by atoms with Crippen LogP contribution in [0.3, 0.4) is 0 Å². The standard InChI is InChI=1S/C31H35N5O2/c1-34(22-24-10-4-2-5-11-24)30(37)29(20-26-21-32-28-15-9-8-14-27(26)28)33-31(38)36-18-16-35(17-19-36)23-25-12-6-3-7-13-25/h2-15,21,29,32H,16-20,22-23H2,1H3,(H,33,38)/t29-/m0/s1. The van der Waals surface area contributed by atoms with Crippen LogP contribution in [0.15, 0.2) is 91.1 Å². The number of aromatic nitrogens is 1. The first-order chi connectivity index (χ1) is 18.6. The van der Waals surface area contributed by atoms with E-state index in [1.165, 1.54) is 5.56 Å². The van der Waals surface area contributed by atoms with Crippen molar-refractivity contribution >= 4 is 22.8 Å². The van der Waals surface area contributed by atoms with E-state index < -0.39 is 6.04 Å². The molecule has 5 rings (SSSR count). The van der Waals surface area contributed by atoms with Crippen molar-refractivity contribution in [1.82, 2.24) is 25.0 Å². The van der Waals surface area contributed by atoms with Gasteiger partial charge in [-0.1, -0.05) is 78.9 Å². The summed E-state index contributed by atoms with van der Waals surface area (Å²) in [5.41, 5.74) is 4.36. The summed E-state index contributed by atoms with van der Waals surface area (Å²) in [5, 5.41) is 4.15. The van der Waals surface area contributed by atoms with Gasteiger partial charge in [-0.2, -0.15) is 0 Å². The van der Waals surface area contributed by atoms with Gasteiger partial charge in [0.25, 0.3) is 0 Å². The zero-order chi connectivity index (χ0) is 26.3. The van der Waals surface area contributed by atoms with E-state index in [1.54, 1.807) is 11.9 Å². The molecule has 0 radical (unpaired) electrons. The summed E-state index contributed by atoms with van der Waals surface area (Å²) >= 11 is 0. The van der Waals surface area contributed by atoms with Crippen molar-refractivity contribution in [2.45, 2.75) is 25.6 Å². The van der Waals surface area contributed by atoms with E-state index in [2.05, 4.69) is 39.5 Å². The molecule has 0 aliphatic carbocycles. The summed E-state index contributed by atoms with van der Waals surface area (Å²) in [6.45, 7) is 4.23. The summed E-state index contributed by atoms with van der Waals surface area (Å²) in [6.07, 6.45) is 2.36. The second-order valence-corrected chi connectivity index (χ2v) is 9.99. The van der Waals surface area contributed by atoms with E-state index in [1.807, 2.05) is 71.8 Å². The summed E-state index contributed by atoms with van der Waals surface area (Å²) in [6, 6.07) is 27.5. The molecular formula is C31H35N5O2. The lowest BCUT2D eigenvalue weighted by Crippen LogP contribution is -2.56. The highest BCUT2D eigenvalue weighted by atomic mass is 16.2. The zero-order valence-electron chi connectivity index (χ0n) is 21.8. The van der Waals surface area contributed by atoms with Crippen LogP contribution >= 0.6 is 0 Å². The lowest BCUT2D eigenvalue weighted by molar-refractivity contribution is -0.132. The fourth-order valence-electron chi connectivity index (χ4n) is 5.11. The predicted octanol–water partition coefficient (Wildman–Crippen LogP) is 4.27. The van der Waals surface area contributed by atoms with Crippen LogP contribution in [0.5, 0.6) is 0 Å². The number of para-hydroxylation sites is 1. The number of rotatable bonds is 8. The molecule has 1 aliphatic rings. The van der Waals surface area contributed by atoms with Gasteiger partial charge in [0.15, 0.2) is 0 Å². The average Bonchev–Trinajstić information content (AvgIpc) is 3.36. The molecule has 1 saturated heterocycles. The molecule has 0 unspecified atom stereocenters. The Labute approximate surface area is 224 Å². The van der Waals surface area contributed by atoms with Gasteiger partial charge in [-0.05, 0) is 22.8 Å². The van der Waals surface area contributed by atoms with Crippen LogP contribution in [0.1, 0.15) is 16.7 Å². The number of H-pyrrole nitrogens is 1. The highest BCUT2D eigenvalue weighted by Gasteiger charge is 2.29. The number of nitrogens with one attached hydrogen (secondary N) is 2. The minimum atomic E-state index is -0.669. The Kier molecular flexibility index (Phi) is 8.04. The smallest absolute Gasteiger partial charge is 0.318 e. The summed E-state index contributed by atoms with van der Waals surface area (Å²) in [7, 11) is 1.80. The summed E-state index contributed by atoms with van der Waals surface area (Å²) < 4.78 is 0. The molecule has 1 aromatic heterocycles. The molecule has 1 aliphatic heterocycles. The molecule has 3 amide bonds. The number of likely N-dealkylation sites (N-methyl/N-ethyl adjacent to an activating group) is 1. The third kappa shape index (κ3) is 6.23. The van der Waals surface area contributed by atoms with E-state index in [9.17, 15) is 9.59 Å². The van der Waals surface area contributed by atoms with Crippen LogP contribution < -0.4 is 5.32 Å². The van der Waals surface area contributed by atoms with Gasteiger partial charge in [0.05, 0.1) is 0 Å². The number of carbonyl (C=O) groups excluding carboxylic acids is 2. The Morgan fingerprint density at radius 3 is 2.21 bits per heavy atom. The molecule has 2 N–H and O–H groups in total. The predicted molar refractivity (Wildman–Crippen MR) is 151 cm³/mol. The first kappa shape index (κ1) is 25.5. The minimum absolute atomic E-state index is 0.102. The average molecular weight is 510 g/mol. The van der Waals surface area contributed by atoms with Crippen molar-refractivity contribution in [2.75, 3.05) is 33.2 Å². The largest absolute Gasteiger partial charge is 0.361 e. The van der Waals surface area contributed by atoms with Crippen LogP contribution in [0.4, 0.5) is 4.79 Å². The maximum absolute atomic E-state index is 13.7. The van der Waals surface area contributed by atoms with Crippen LogP contribution in [-0.4, -0.2) is 70.9 Å². The van der Waals surface area contributed by atoms with E-state index >= 15 is 0 Å². The number of fused-ring (bicyclic) bond motifs is 1. The molecule has 196 valence electrons. The van der Waals surface area contributed by atoms with Crippen molar-refractivity contribution in [3.63, 3.8) is 0 Å². The number of carbonyl (C=O) groups is 2. The molecule has 7 heteroatoms. The highest BCUT2D eigenvalue weighted by Crippen LogP contribution is 2.20. The number of amides is 3. The van der Waals surface area contributed by atoms with Gasteiger partial charge in [0, 0.05) is 69.8 Å². The number of hydrogen-bond acceptors (Lipinski definition) is 3. The zero-order valence-corrected chi connectivity index (χ0v) is 21.8. The fourth-order valence-corrected chi connectivity index (χ4v) is 5.11. The van der Waals surface area contributed by atoms with Crippen molar-refractivity contribution < 1.29 is 9.59 Å². The fraction of sp³-hybridized carbons (Fsp3) is 0.290. The van der Waals surface area contributed by atoms with Gasteiger partial charge in [0.1, 0.15) is 6.04 Å². The normalized spacial score (nSPS) is 14.8. The molecule has 7 nitrogen and oxygen atoms in total. The number of aromatic amines is 1. The molecular weight excluding hydrogens is 474 g/mol. The van der Waals surface area contributed by atoms with Crippen molar-refractivity contribution in [3.05, 3.63) is 108 Å². The highest BCUT2D eigenvalue weighted by molar-refractivity contribution is 5.89. The lowest BCUT2D eigenvalue weighted by atomic mass is 10.0. The van der Waals surface area contributed by atoms with Crippen molar-refractivity contribution in [2.24, 2.45) is 0 Å². The van der Waals surface area contributed by atoms with Gasteiger partial charge >= 0.3 is 6.03 Å². The molecule has 4 aromatic rings. The quantitative estimate of drug-likeness (QED) is 0.373. The van der Waals surface area contributed by atoms with E-state index in [0.29, 0.717) is 26.1 Å². The number of urea groups is 1. The van der Waals surface area contributed by atoms with Crippen molar-refractivity contribution in [3.8, 4) is 0 Å². The van der Waals surface area contributed by atoms with Gasteiger partial charge in [0.2, 0.25) is 5.91 Å². The Hall–Kier alpha value is -4.10. The van der Waals surface area contributed by atoms with Crippen molar-refractivity contribution in [1.29, 1.82) is 0 Å². The van der Waals surface area contributed by atoms with Crippen LogP contribution in [0, 0.1) is 0 Å². The van der Waals surface area contributed by atoms with E-state index in [-0.39, 0.29) is 11.9 Å². The minimum Gasteiger partial charge on any atom is -0.361 e. The molecule has 0 bridgehead atoms. The number of nitrogens with zero attached hydrogens (tertiary/aromatic N) is 3. The van der Waals surface area contributed by atoms with Crippen LogP contribution in [0.2, 0.25) is 0 Å². The second kappa shape index (κ2) is 12.0. The molecule has 0 spiro atoms. The SMILES string of the molecule is CN(Cc1ccccc1)C(=O)[C@H](Cc1c[nH]c2ccccc12)NC(=O)N1CCN(Cc2ccccc2)CC1. The van der Waals surface area contributed by atoms with Gasteiger partial charge in [-0.25, -0.2) is 4.79 Å². The molecule has 0 saturated carbocycles. The number of benzene rings is 3. The summed E-state index contributed by atoms with van der Waals surface area (Å²) in [4.78, 5) is 36.2. The first-order valence-corrected chi connectivity index (χ1v) is 13.2. The van der Waals surface area contributed by atoms with Gasteiger partial charge < -0.3 is 20.1 Å². The monoisotopic (exact) mass is 509 g/mol. The van der Waals surface area contributed by atoms with Gasteiger partial charge in [-0.15, -0.1) is 0 Å². The third-order valence-corrected chi connectivity index (χ3v) is 7.24. The lowest BCUT2D eigenvalue weighted by Gasteiger charge is -2.35. The summed E-state index contributed by atoms with van der Waals surface area (Å²) in [5.74, 6) is -0.102. The Bertz CT molecular complexity index is 1350. The number of piperazine rings is 1. The van der Waals surface area contributed by atoms with E-state index in [4.69, 9.17) is 0 Å². The molecule has 1 atom stereocenters. The molecule has 2 heterocycles. The van der Waals surface area contributed by atoms with Gasteiger partial charge in [-0.3, -0.25) is 9.69 Å². The Morgan fingerprint density at radius 2 is 1.50 bits per heavy atom. The molecule has 1 fully saturated rings. The third-order valence-electron chi connectivity index (χ3n) is 7.24. The number of hydrogen-bond donors (Lipinski definition) is 2. The molecule has 3 aromatic carbocycles. The van der Waals surface area contributed by atoms with Crippen LogP contribution in [-0.2, 0) is 24.3 Å². The first-order valence-electron chi connectivity index (χ1n) is 13.2. The maximum atomic E-state index is 13.7. The van der Waals surface area contributed by atoms with E-state index in [0.717, 1.165) is 41.7 Å². The van der Waals surface area contributed by atoms with Crippen LogP contribution in [0.25, 0.3) is 10.9 Å². The molecule has 38 heavy (non-hydrogen) atoms. The Morgan fingerprint density at radius 1 is 0.868 bits per heavy atom. The second-order valence-electron chi connectivity index (χ2n) is 9.99. The Balaban J connectivity index is 1.26. The maximum Gasteiger partial charge on any atom is 0.318 e.